The van der Waals surface area contributed by atoms with E-state index in [9.17, 15) is 4.79 Å². The van der Waals surface area contributed by atoms with Gasteiger partial charge in [0.25, 0.3) is 6.26 Å². The Kier molecular flexibility index (Phi) is 6.73. The molecule has 0 radical (unpaired) electrons. The van der Waals surface area contributed by atoms with Gasteiger partial charge in [0.1, 0.15) is 12.4 Å². The second-order valence-electron chi connectivity index (χ2n) is 5.18. The van der Waals surface area contributed by atoms with Crippen LogP contribution in [0.3, 0.4) is 0 Å². The van der Waals surface area contributed by atoms with Crippen LogP contribution in [0.2, 0.25) is 0 Å². The van der Waals surface area contributed by atoms with Gasteiger partial charge in [-0.1, -0.05) is 36.8 Å². The molecule has 0 bridgehead atoms. The van der Waals surface area contributed by atoms with Crippen LogP contribution in [0.4, 0.5) is 4.79 Å². The molecule has 0 aliphatic carbocycles. The van der Waals surface area contributed by atoms with Crippen LogP contribution in [0.1, 0.15) is 25.7 Å². The van der Waals surface area contributed by atoms with Crippen molar-refractivity contribution in [2.75, 3.05) is 13.2 Å². The van der Waals surface area contributed by atoms with E-state index in [1.165, 1.54) is 0 Å². The van der Waals surface area contributed by atoms with Gasteiger partial charge < -0.3 is 14.8 Å². The number of hydrogen-bond acceptors (Lipinski definition) is 4. The molecule has 0 saturated heterocycles. The number of ether oxygens (including phenoxy) is 2. The first-order valence-electron chi connectivity index (χ1n) is 7.75. The normalized spacial score (nSPS) is 10.0. The third kappa shape index (κ3) is 5.87. The van der Waals surface area contributed by atoms with Crippen LogP contribution in [0, 0.1) is 11.5 Å². The van der Waals surface area contributed by atoms with Crippen LogP contribution in [0.5, 0.6) is 5.75 Å². The van der Waals surface area contributed by atoms with Gasteiger partial charge in [-0.25, -0.2) is 4.79 Å². The zero-order chi connectivity index (χ0) is 16.3. The highest BCUT2D eigenvalue weighted by molar-refractivity contribution is 5.84. The standard InChI is InChI=1S/C18H20N2O3/c19-14-22-12-6-2-1-5-11-20-18(21)23-17-10-9-15-7-3-4-8-16(15)13-17/h3-4,7-10,13H,1-2,5-6,11-12H2,(H,20,21). The molecule has 2 aromatic rings. The van der Waals surface area contributed by atoms with Crippen LogP contribution in [-0.4, -0.2) is 19.2 Å². The first-order chi connectivity index (χ1) is 11.3. The minimum absolute atomic E-state index is 0.437. The number of unbranched alkanes of at least 4 members (excludes halogenated alkanes) is 3. The lowest BCUT2D eigenvalue weighted by molar-refractivity contribution is 0.200. The Labute approximate surface area is 135 Å². The fourth-order valence-corrected chi connectivity index (χ4v) is 2.26. The summed E-state index contributed by atoms with van der Waals surface area (Å²) in [7, 11) is 0. The van der Waals surface area contributed by atoms with Gasteiger partial charge in [-0.15, -0.1) is 0 Å². The largest absolute Gasteiger partial charge is 0.428 e. The molecule has 0 saturated carbocycles. The van der Waals surface area contributed by atoms with E-state index >= 15 is 0 Å². The molecule has 120 valence electrons. The minimum Gasteiger partial charge on any atom is -0.428 e. The van der Waals surface area contributed by atoms with Crippen molar-refractivity contribution in [1.82, 2.24) is 5.32 Å². The van der Waals surface area contributed by atoms with Gasteiger partial charge >= 0.3 is 6.09 Å². The van der Waals surface area contributed by atoms with E-state index in [1.807, 2.05) is 36.4 Å². The average molecular weight is 312 g/mol. The molecule has 0 aromatic heterocycles. The highest BCUT2D eigenvalue weighted by atomic mass is 16.6. The predicted octanol–water partition coefficient (Wildman–Crippen LogP) is 3.99. The zero-order valence-electron chi connectivity index (χ0n) is 13.0. The maximum atomic E-state index is 11.7. The van der Waals surface area contributed by atoms with E-state index in [0.717, 1.165) is 36.5 Å². The van der Waals surface area contributed by atoms with Crippen LogP contribution in [0.15, 0.2) is 42.5 Å². The van der Waals surface area contributed by atoms with Gasteiger partial charge in [0.05, 0.1) is 0 Å². The van der Waals surface area contributed by atoms with Crippen LogP contribution >= 0.6 is 0 Å². The molecular formula is C18H20N2O3. The molecule has 2 rings (SSSR count). The molecule has 23 heavy (non-hydrogen) atoms. The van der Waals surface area contributed by atoms with E-state index in [-0.39, 0.29) is 0 Å². The number of nitrogens with zero attached hydrogens (tertiary/aromatic N) is 1. The lowest BCUT2D eigenvalue weighted by Gasteiger charge is -2.07. The zero-order valence-corrected chi connectivity index (χ0v) is 13.0. The summed E-state index contributed by atoms with van der Waals surface area (Å²) in [5, 5.41) is 13.1. The third-order valence-corrected chi connectivity index (χ3v) is 3.44. The Balaban J connectivity index is 1.65. The number of carbonyl (C=O) groups excluding carboxylic acids is 1. The molecule has 0 fully saturated rings. The number of benzene rings is 2. The van der Waals surface area contributed by atoms with E-state index in [2.05, 4.69) is 10.1 Å². The smallest absolute Gasteiger partial charge is 0.412 e. The van der Waals surface area contributed by atoms with Gasteiger partial charge in [0.15, 0.2) is 0 Å². The van der Waals surface area contributed by atoms with Crippen molar-refractivity contribution in [2.45, 2.75) is 25.7 Å². The molecule has 0 spiro atoms. The van der Waals surface area contributed by atoms with E-state index in [1.54, 1.807) is 12.3 Å². The molecule has 0 heterocycles. The third-order valence-electron chi connectivity index (χ3n) is 3.44. The Morgan fingerprint density at radius 1 is 1.04 bits per heavy atom. The van der Waals surface area contributed by atoms with Gasteiger partial charge in [0, 0.05) is 6.54 Å². The number of carbonyl (C=O) groups is 1. The second-order valence-corrected chi connectivity index (χ2v) is 5.18. The fraction of sp³-hybridized carbons (Fsp3) is 0.333. The first-order valence-corrected chi connectivity index (χ1v) is 7.75. The highest BCUT2D eigenvalue weighted by Crippen LogP contribution is 2.20. The Bertz CT molecular complexity index is 679. The summed E-state index contributed by atoms with van der Waals surface area (Å²) in [5.41, 5.74) is 0. The number of rotatable bonds is 8. The summed E-state index contributed by atoms with van der Waals surface area (Å²) >= 11 is 0. The SMILES string of the molecule is N#COCCCCCCNC(=O)Oc1ccc2ccccc2c1. The predicted molar refractivity (Wildman–Crippen MR) is 88.0 cm³/mol. The lowest BCUT2D eigenvalue weighted by atomic mass is 10.1. The van der Waals surface area contributed by atoms with E-state index < -0.39 is 6.09 Å². The van der Waals surface area contributed by atoms with Gasteiger partial charge in [-0.3, -0.25) is 0 Å². The molecule has 2 aromatic carbocycles. The maximum absolute atomic E-state index is 11.7. The molecular weight excluding hydrogens is 292 g/mol. The van der Waals surface area contributed by atoms with Crippen molar-refractivity contribution in [3.63, 3.8) is 0 Å². The van der Waals surface area contributed by atoms with Crippen molar-refractivity contribution in [2.24, 2.45) is 0 Å². The number of fused-ring (bicyclic) bond motifs is 1. The summed E-state index contributed by atoms with van der Waals surface area (Å²) in [6.07, 6.45) is 4.89. The topological polar surface area (TPSA) is 71.3 Å². The van der Waals surface area contributed by atoms with Gasteiger partial charge in [0.2, 0.25) is 0 Å². The molecule has 1 N–H and O–H groups in total. The number of nitriles is 1. The Morgan fingerprint density at radius 3 is 2.65 bits per heavy atom. The van der Waals surface area contributed by atoms with Gasteiger partial charge in [-0.2, -0.15) is 5.26 Å². The summed E-state index contributed by atoms with van der Waals surface area (Å²) in [5.74, 6) is 0.537. The molecule has 5 nitrogen and oxygen atoms in total. The summed E-state index contributed by atoms with van der Waals surface area (Å²) in [6.45, 7) is 1.04. The number of hydrogen-bond donors (Lipinski definition) is 1. The minimum atomic E-state index is -0.437. The molecule has 0 aliphatic rings. The highest BCUT2D eigenvalue weighted by Gasteiger charge is 2.04. The van der Waals surface area contributed by atoms with Crippen LogP contribution < -0.4 is 10.1 Å². The first kappa shape index (κ1) is 16.6. The number of nitrogens with one attached hydrogen (secondary N) is 1. The van der Waals surface area contributed by atoms with Crippen molar-refractivity contribution >= 4 is 16.9 Å². The van der Waals surface area contributed by atoms with E-state index in [0.29, 0.717) is 18.9 Å². The molecule has 0 unspecified atom stereocenters. The van der Waals surface area contributed by atoms with Crippen molar-refractivity contribution in [3.8, 4) is 12.0 Å². The molecule has 0 aliphatic heterocycles. The monoisotopic (exact) mass is 312 g/mol. The van der Waals surface area contributed by atoms with Crippen molar-refractivity contribution < 1.29 is 14.3 Å². The van der Waals surface area contributed by atoms with Crippen molar-refractivity contribution in [3.05, 3.63) is 42.5 Å². The summed E-state index contributed by atoms with van der Waals surface area (Å²) in [4.78, 5) is 11.7. The molecule has 5 heteroatoms. The van der Waals surface area contributed by atoms with Crippen LogP contribution in [-0.2, 0) is 4.74 Å². The van der Waals surface area contributed by atoms with Gasteiger partial charge in [-0.05, 0) is 42.2 Å². The molecule has 0 atom stereocenters. The summed E-state index contributed by atoms with van der Waals surface area (Å²) < 4.78 is 9.87. The van der Waals surface area contributed by atoms with Crippen molar-refractivity contribution in [1.29, 1.82) is 5.26 Å². The van der Waals surface area contributed by atoms with Crippen LogP contribution in [0.25, 0.3) is 10.8 Å². The second kappa shape index (κ2) is 9.31. The summed E-state index contributed by atoms with van der Waals surface area (Å²) in [6, 6.07) is 13.5. The lowest BCUT2D eigenvalue weighted by Crippen LogP contribution is -2.27. The molecule has 1 amide bonds. The average Bonchev–Trinajstić information content (AvgIpc) is 2.57. The van der Waals surface area contributed by atoms with E-state index in [4.69, 9.17) is 10.00 Å². The Hall–Kier alpha value is -2.74. The fourth-order valence-electron chi connectivity index (χ4n) is 2.26. The maximum Gasteiger partial charge on any atom is 0.412 e. The quantitative estimate of drug-likeness (QED) is 0.591. The Morgan fingerprint density at radius 2 is 1.83 bits per heavy atom. The number of amides is 1.